The first-order chi connectivity index (χ1) is 11.0. The molecule has 0 bridgehead atoms. The number of sulfonamides is 1. The van der Waals surface area contributed by atoms with Gasteiger partial charge in [-0.25, -0.2) is 8.42 Å². The number of hydrogen-bond donors (Lipinski definition) is 1. The number of nitrogens with zero attached hydrogens (tertiary/aromatic N) is 1. The van der Waals surface area contributed by atoms with Crippen LogP contribution in [-0.4, -0.2) is 20.9 Å². The van der Waals surface area contributed by atoms with Crippen molar-refractivity contribution in [3.05, 3.63) is 41.3 Å². The highest BCUT2D eigenvalue weighted by Gasteiger charge is 2.36. The largest absolute Gasteiger partial charge is 0.312 e. The maximum absolute atomic E-state index is 12.3. The van der Waals surface area contributed by atoms with Crippen molar-refractivity contribution >= 4 is 38.6 Å². The topological polar surface area (TPSA) is 66.5 Å². The Hall–Kier alpha value is -1.86. The normalized spacial score (nSPS) is 17.1. The van der Waals surface area contributed by atoms with Crippen LogP contribution >= 0.6 is 11.3 Å². The fourth-order valence-corrected chi connectivity index (χ4v) is 4.89. The molecule has 1 aromatic carbocycles. The maximum Gasteiger partial charge on any atom is 0.271 e. The van der Waals surface area contributed by atoms with E-state index in [2.05, 4.69) is 4.72 Å². The molecule has 1 aromatic heterocycles. The lowest BCUT2D eigenvalue weighted by Crippen LogP contribution is -2.30. The van der Waals surface area contributed by atoms with Crippen molar-refractivity contribution in [3.63, 3.8) is 0 Å². The number of benzene rings is 1. The molecular formula is C16H16N2O3S2. The second-order valence-corrected chi connectivity index (χ2v) is 8.75. The molecule has 1 aliphatic heterocycles. The molecule has 0 unspecified atom stereocenters. The zero-order chi connectivity index (χ0) is 16.0. The van der Waals surface area contributed by atoms with E-state index in [0.29, 0.717) is 12.2 Å². The van der Waals surface area contributed by atoms with Crippen molar-refractivity contribution in [1.29, 1.82) is 0 Å². The molecule has 7 heteroatoms. The lowest BCUT2D eigenvalue weighted by atomic mass is 10.1. The molecule has 4 rings (SSSR count). The van der Waals surface area contributed by atoms with E-state index in [-0.39, 0.29) is 16.0 Å². The number of nitrogens with one attached hydrogen (secondary N) is 1. The Morgan fingerprint density at radius 2 is 2.09 bits per heavy atom. The number of carbonyl (C=O) groups is 1. The standard InChI is InChI=1S/C16H16N2O3S2/c19-16(12-3-4-12)18-8-7-11-5-6-13(10-14(11)18)17-23(20,21)15-2-1-9-22-15/h1-2,5-6,9-10,12,17H,3-4,7-8H2. The van der Waals surface area contributed by atoms with Gasteiger partial charge in [-0.3, -0.25) is 9.52 Å². The van der Waals surface area contributed by atoms with Crippen molar-refractivity contribution < 1.29 is 13.2 Å². The van der Waals surface area contributed by atoms with E-state index in [4.69, 9.17) is 0 Å². The molecule has 2 aromatic rings. The van der Waals surface area contributed by atoms with E-state index in [1.807, 2.05) is 6.07 Å². The van der Waals surface area contributed by atoms with Crippen LogP contribution < -0.4 is 9.62 Å². The minimum absolute atomic E-state index is 0.160. The molecular weight excluding hydrogens is 332 g/mol. The van der Waals surface area contributed by atoms with Crippen molar-refractivity contribution in [1.82, 2.24) is 0 Å². The Bertz CT molecular complexity index is 855. The third-order valence-corrected chi connectivity index (χ3v) is 6.96. The van der Waals surface area contributed by atoms with Crippen LogP contribution in [0.3, 0.4) is 0 Å². The summed E-state index contributed by atoms with van der Waals surface area (Å²) in [5, 5.41) is 1.73. The van der Waals surface area contributed by atoms with Crippen LogP contribution in [0.25, 0.3) is 0 Å². The van der Waals surface area contributed by atoms with Gasteiger partial charge in [0.1, 0.15) is 4.21 Å². The van der Waals surface area contributed by atoms with Crippen molar-refractivity contribution in [2.45, 2.75) is 23.5 Å². The minimum Gasteiger partial charge on any atom is -0.312 e. The molecule has 0 radical (unpaired) electrons. The maximum atomic E-state index is 12.3. The highest BCUT2D eigenvalue weighted by molar-refractivity contribution is 7.94. The van der Waals surface area contributed by atoms with E-state index < -0.39 is 10.0 Å². The van der Waals surface area contributed by atoms with Gasteiger partial charge >= 0.3 is 0 Å². The summed E-state index contributed by atoms with van der Waals surface area (Å²) in [5.74, 6) is 0.328. The van der Waals surface area contributed by atoms with Gasteiger partial charge in [-0.1, -0.05) is 12.1 Å². The van der Waals surface area contributed by atoms with Crippen LogP contribution in [-0.2, 0) is 21.2 Å². The highest BCUT2D eigenvalue weighted by atomic mass is 32.2. The quantitative estimate of drug-likeness (QED) is 0.924. The predicted octanol–water partition coefficient (Wildman–Crippen LogP) is 2.85. The summed E-state index contributed by atoms with van der Waals surface area (Å²) in [7, 11) is -3.56. The minimum atomic E-state index is -3.56. The number of carbonyl (C=O) groups excluding carboxylic acids is 1. The summed E-state index contributed by atoms with van der Waals surface area (Å²) in [6.45, 7) is 0.686. The van der Waals surface area contributed by atoms with E-state index in [0.717, 1.165) is 30.5 Å². The number of rotatable bonds is 4. The van der Waals surface area contributed by atoms with E-state index in [1.165, 1.54) is 11.3 Å². The highest BCUT2D eigenvalue weighted by Crippen LogP contribution is 2.37. The second-order valence-electron chi connectivity index (χ2n) is 5.90. The Balaban J connectivity index is 1.62. The molecule has 1 N–H and O–H groups in total. The first-order valence-corrected chi connectivity index (χ1v) is 9.91. The summed E-state index contributed by atoms with van der Waals surface area (Å²) in [6, 6.07) is 8.71. The summed E-state index contributed by atoms with van der Waals surface area (Å²) in [5.41, 5.74) is 2.43. The molecule has 2 heterocycles. The number of amides is 1. The van der Waals surface area contributed by atoms with Crippen LogP contribution in [0.4, 0.5) is 11.4 Å². The summed E-state index contributed by atoms with van der Waals surface area (Å²) in [6.07, 6.45) is 2.76. The van der Waals surface area contributed by atoms with Gasteiger partial charge in [0.05, 0.1) is 5.69 Å². The molecule has 1 fully saturated rings. The van der Waals surface area contributed by atoms with Crippen LogP contribution in [0.15, 0.2) is 39.9 Å². The molecule has 1 saturated carbocycles. The lowest BCUT2D eigenvalue weighted by molar-refractivity contribution is -0.119. The van der Waals surface area contributed by atoms with Gasteiger partial charge in [-0.15, -0.1) is 11.3 Å². The van der Waals surface area contributed by atoms with Gasteiger partial charge in [0.15, 0.2) is 0 Å². The van der Waals surface area contributed by atoms with Gasteiger partial charge in [-0.05, 0) is 48.4 Å². The van der Waals surface area contributed by atoms with Crippen molar-refractivity contribution in [2.75, 3.05) is 16.2 Å². The SMILES string of the molecule is O=C(C1CC1)N1CCc2ccc(NS(=O)(=O)c3cccs3)cc21. The predicted molar refractivity (Wildman–Crippen MR) is 90.4 cm³/mol. The van der Waals surface area contributed by atoms with E-state index in [9.17, 15) is 13.2 Å². The fourth-order valence-electron chi connectivity index (χ4n) is 2.84. The first-order valence-electron chi connectivity index (χ1n) is 7.55. The molecule has 0 saturated heterocycles. The zero-order valence-electron chi connectivity index (χ0n) is 12.4. The summed E-state index contributed by atoms with van der Waals surface area (Å²) < 4.78 is 27.5. The molecule has 120 valence electrons. The van der Waals surface area contributed by atoms with Crippen LogP contribution in [0, 0.1) is 5.92 Å². The third-order valence-electron chi connectivity index (χ3n) is 4.19. The monoisotopic (exact) mass is 348 g/mol. The van der Waals surface area contributed by atoms with Gasteiger partial charge in [0.2, 0.25) is 5.91 Å². The summed E-state index contributed by atoms with van der Waals surface area (Å²) >= 11 is 1.18. The number of thiophene rings is 1. The van der Waals surface area contributed by atoms with Crippen LogP contribution in [0.2, 0.25) is 0 Å². The van der Waals surface area contributed by atoms with Gasteiger partial charge in [0.25, 0.3) is 10.0 Å². The van der Waals surface area contributed by atoms with E-state index in [1.54, 1.807) is 34.5 Å². The molecule has 1 aliphatic carbocycles. The summed E-state index contributed by atoms with van der Waals surface area (Å²) in [4.78, 5) is 14.1. The average Bonchev–Trinajstić information content (AvgIpc) is 3.05. The molecule has 23 heavy (non-hydrogen) atoms. The Labute approximate surface area is 139 Å². The fraction of sp³-hybridized carbons (Fsp3) is 0.312. The molecule has 0 spiro atoms. The smallest absolute Gasteiger partial charge is 0.271 e. The zero-order valence-corrected chi connectivity index (χ0v) is 14.0. The van der Waals surface area contributed by atoms with Crippen LogP contribution in [0.5, 0.6) is 0 Å². The Morgan fingerprint density at radius 1 is 1.26 bits per heavy atom. The lowest BCUT2D eigenvalue weighted by Gasteiger charge is -2.18. The molecule has 5 nitrogen and oxygen atoms in total. The van der Waals surface area contributed by atoms with E-state index >= 15 is 0 Å². The Morgan fingerprint density at radius 3 is 2.78 bits per heavy atom. The van der Waals surface area contributed by atoms with Crippen molar-refractivity contribution in [2.24, 2.45) is 5.92 Å². The number of hydrogen-bond acceptors (Lipinski definition) is 4. The number of fused-ring (bicyclic) bond motifs is 1. The van der Waals surface area contributed by atoms with Crippen molar-refractivity contribution in [3.8, 4) is 0 Å². The second kappa shape index (κ2) is 5.35. The third kappa shape index (κ3) is 2.74. The Kier molecular flexibility index (Phi) is 3.42. The molecule has 1 amide bonds. The molecule has 2 aliphatic rings. The first kappa shape index (κ1) is 14.7. The van der Waals surface area contributed by atoms with Crippen LogP contribution in [0.1, 0.15) is 18.4 Å². The molecule has 0 atom stereocenters. The number of anilines is 2. The van der Waals surface area contributed by atoms with Gasteiger partial charge in [0, 0.05) is 18.2 Å². The average molecular weight is 348 g/mol. The van der Waals surface area contributed by atoms with Gasteiger partial charge in [-0.2, -0.15) is 0 Å². The van der Waals surface area contributed by atoms with Gasteiger partial charge < -0.3 is 4.90 Å².